The average Bonchev–Trinajstić information content (AvgIpc) is 2.92. The number of rotatable bonds is 4. The molecule has 0 saturated carbocycles. The fourth-order valence-corrected chi connectivity index (χ4v) is 2.72. The number of nitrogens with zero attached hydrogens (tertiary/aromatic N) is 4. The third kappa shape index (κ3) is 2.06. The van der Waals surface area contributed by atoms with Crippen molar-refractivity contribution in [2.45, 2.75) is 26.8 Å². The first-order valence-corrected chi connectivity index (χ1v) is 6.99. The van der Waals surface area contributed by atoms with Gasteiger partial charge in [0.25, 0.3) is 0 Å². The van der Waals surface area contributed by atoms with Crippen LogP contribution in [0, 0.1) is 12.3 Å². The largest absolute Gasteiger partial charge is 0.380 e. The minimum absolute atomic E-state index is 0.253. The minimum Gasteiger partial charge on any atom is -0.380 e. The van der Waals surface area contributed by atoms with E-state index in [9.17, 15) is 0 Å². The van der Waals surface area contributed by atoms with Gasteiger partial charge in [-0.05, 0) is 13.3 Å². The van der Waals surface area contributed by atoms with Crippen molar-refractivity contribution in [3.63, 3.8) is 0 Å². The molecule has 3 rings (SSSR count). The molecule has 2 aromatic heterocycles. The molecule has 0 unspecified atom stereocenters. The summed E-state index contributed by atoms with van der Waals surface area (Å²) in [4.78, 5) is 4.42. The van der Waals surface area contributed by atoms with Gasteiger partial charge >= 0.3 is 0 Å². The van der Waals surface area contributed by atoms with Gasteiger partial charge in [-0.2, -0.15) is 0 Å². The Kier molecular flexibility index (Phi) is 2.91. The highest BCUT2D eigenvalue weighted by molar-refractivity contribution is 7.09. The van der Waals surface area contributed by atoms with Crippen LogP contribution in [0.1, 0.15) is 18.4 Å². The number of ether oxygens (including phenoxy) is 1. The van der Waals surface area contributed by atoms with E-state index >= 15 is 0 Å². The Morgan fingerprint density at radius 3 is 2.83 bits per heavy atom. The predicted octanol–water partition coefficient (Wildman–Crippen LogP) is 2.14. The summed E-state index contributed by atoms with van der Waals surface area (Å²) in [5.74, 6) is 0. The molecule has 0 N–H and O–H groups in total. The van der Waals surface area contributed by atoms with Gasteiger partial charge in [-0.25, -0.2) is 4.98 Å². The van der Waals surface area contributed by atoms with Crippen molar-refractivity contribution in [2.24, 2.45) is 5.41 Å². The van der Waals surface area contributed by atoms with E-state index in [1.165, 1.54) is 0 Å². The Bertz CT molecular complexity index is 538. The van der Waals surface area contributed by atoms with Crippen molar-refractivity contribution in [3.8, 4) is 11.4 Å². The van der Waals surface area contributed by atoms with Gasteiger partial charge in [0.2, 0.25) is 0 Å². The van der Waals surface area contributed by atoms with E-state index in [2.05, 4.69) is 22.2 Å². The molecule has 2 aromatic rings. The number of hydrogen-bond acceptors (Lipinski definition) is 5. The van der Waals surface area contributed by atoms with Gasteiger partial charge in [-0.1, -0.05) is 12.1 Å². The molecule has 0 spiro atoms. The second kappa shape index (κ2) is 4.44. The number of aromatic nitrogens is 4. The third-order valence-electron chi connectivity index (χ3n) is 3.48. The fourth-order valence-electron chi connectivity index (χ4n) is 2.12. The molecule has 1 aliphatic rings. The summed E-state index contributed by atoms with van der Waals surface area (Å²) in [6.07, 6.45) is 3.09. The van der Waals surface area contributed by atoms with Gasteiger partial charge in [0.05, 0.1) is 31.0 Å². The fraction of sp³-hybridized carbons (Fsp3) is 0.583. The van der Waals surface area contributed by atoms with Crippen LogP contribution >= 0.6 is 11.3 Å². The van der Waals surface area contributed by atoms with E-state index in [1.54, 1.807) is 11.3 Å². The first-order valence-electron chi connectivity index (χ1n) is 6.11. The minimum atomic E-state index is 0.253. The lowest BCUT2D eigenvalue weighted by Gasteiger charge is -2.40. The van der Waals surface area contributed by atoms with Crippen LogP contribution in [0.3, 0.4) is 0 Å². The van der Waals surface area contributed by atoms with Crippen LogP contribution in [0.4, 0.5) is 0 Å². The van der Waals surface area contributed by atoms with Crippen molar-refractivity contribution in [1.82, 2.24) is 20.0 Å². The van der Waals surface area contributed by atoms with Crippen molar-refractivity contribution >= 4 is 11.3 Å². The van der Waals surface area contributed by atoms with Crippen molar-refractivity contribution < 1.29 is 4.74 Å². The summed E-state index contributed by atoms with van der Waals surface area (Å²) < 4.78 is 7.24. The topological polar surface area (TPSA) is 52.8 Å². The number of thiazole rings is 1. The van der Waals surface area contributed by atoms with Crippen molar-refractivity contribution in [2.75, 3.05) is 13.2 Å². The zero-order valence-electron chi connectivity index (χ0n) is 10.6. The second-order valence-electron chi connectivity index (χ2n) is 4.90. The van der Waals surface area contributed by atoms with Gasteiger partial charge in [0, 0.05) is 10.8 Å². The molecule has 0 bridgehead atoms. The van der Waals surface area contributed by atoms with Crippen LogP contribution in [0.2, 0.25) is 0 Å². The van der Waals surface area contributed by atoms with Crippen LogP contribution in [0.15, 0.2) is 11.6 Å². The van der Waals surface area contributed by atoms with E-state index in [1.807, 2.05) is 23.2 Å². The molecule has 0 radical (unpaired) electrons. The van der Waals surface area contributed by atoms with E-state index in [-0.39, 0.29) is 5.41 Å². The van der Waals surface area contributed by atoms with E-state index in [4.69, 9.17) is 4.74 Å². The van der Waals surface area contributed by atoms with Gasteiger partial charge < -0.3 is 4.74 Å². The standard InChI is InChI=1S/C12H16N4OS/c1-3-12(7-17-8-12)6-16-4-10(14-15-16)11-5-18-9(2)13-11/h4-5H,3,6-8H2,1-2H3. The normalized spacial score (nSPS) is 17.7. The summed E-state index contributed by atoms with van der Waals surface area (Å²) >= 11 is 1.63. The van der Waals surface area contributed by atoms with Crippen molar-refractivity contribution in [1.29, 1.82) is 0 Å². The maximum atomic E-state index is 5.32. The Balaban J connectivity index is 1.77. The first-order chi connectivity index (χ1) is 8.71. The molecule has 1 saturated heterocycles. The summed E-state index contributed by atoms with van der Waals surface area (Å²) in [5.41, 5.74) is 2.02. The molecule has 1 aliphatic heterocycles. The van der Waals surface area contributed by atoms with E-state index in [0.29, 0.717) is 0 Å². The highest BCUT2D eigenvalue weighted by Gasteiger charge is 2.37. The lowest BCUT2D eigenvalue weighted by Crippen LogP contribution is -2.45. The molecule has 6 heteroatoms. The zero-order valence-corrected chi connectivity index (χ0v) is 11.4. The smallest absolute Gasteiger partial charge is 0.132 e. The monoisotopic (exact) mass is 264 g/mol. The molecule has 0 aliphatic carbocycles. The Labute approximate surface area is 110 Å². The highest BCUT2D eigenvalue weighted by Crippen LogP contribution is 2.33. The SMILES string of the molecule is CCC1(Cn2cc(-c3csc(C)n3)nn2)COC1. The summed E-state index contributed by atoms with van der Waals surface area (Å²) in [7, 11) is 0. The Morgan fingerprint density at radius 2 is 2.28 bits per heavy atom. The molecule has 3 heterocycles. The maximum absolute atomic E-state index is 5.32. The highest BCUT2D eigenvalue weighted by atomic mass is 32.1. The van der Waals surface area contributed by atoms with Crippen molar-refractivity contribution in [3.05, 3.63) is 16.6 Å². The summed E-state index contributed by atoms with van der Waals surface area (Å²) in [6.45, 7) is 6.73. The lowest BCUT2D eigenvalue weighted by atomic mass is 9.83. The summed E-state index contributed by atoms with van der Waals surface area (Å²) in [6, 6.07) is 0. The van der Waals surface area contributed by atoms with Gasteiger partial charge in [-0.15, -0.1) is 16.4 Å². The third-order valence-corrected chi connectivity index (χ3v) is 4.26. The Morgan fingerprint density at radius 1 is 1.44 bits per heavy atom. The molecule has 18 heavy (non-hydrogen) atoms. The van der Waals surface area contributed by atoms with Gasteiger partial charge in [-0.3, -0.25) is 4.68 Å². The van der Waals surface area contributed by atoms with Gasteiger partial charge in [0.1, 0.15) is 11.4 Å². The van der Waals surface area contributed by atoms with E-state index < -0.39 is 0 Å². The molecule has 0 amide bonds. The van der Waals surface area contributed by atoms with Crippen LogP contribution in [0.25, 0.3) is 11.4 Å². The van der Waals surface area contributed by atoms with Crippen LogP contribution in [0.5, 0.6) is 0 Å². The van der Waals surface area contributed by atoms with E-state index in [0.717, 1.165) is 42.6 Å². The molecular weight excluding hydrogens is 248 g/mol. The lowest BCUT2D eigenvalue weighted by molar-refractivity contribution is -0.125. The summed E-state index contributed by atoms with van der Waals surface area (Å²) in [5, 5.41) is 11.5. The Hall–Kier alpha value is -1.27. The molecule has 5 nitrogen and oxygen atoms in total. The average molecular weight is 264 g/mol. The quantitative estimate of drug-likeness (QED) is 0.849. The predicted molar refractivity (Wildman–Crippen MR) is 69.4 cm³/mol. The second-order valence-corrected chi connectivity index (χ2v) is 5.96. The molecular formula is C12H16N4OS. The first kappa shape index (κ1) is 11.8. The maximum Gasteiger partial charge on any atom is 0.132 e. The van der Waals surface area contributed by atoms with Crippen LogP contribution < -0.4 is 0 Å². The zero-order chi connectivity index (χ0) is 12.6. The van der Waals surface area contributed by atoms with Crippen LogP contribution in [-0.2, 0) is 11.3 Å². The molecule has 0 atom stereocenters. The van der Waals surface area contributed by atoms with Gasteiger partial charge in [0.15, 0.2) is 0 Å². The molecule has 96 valence electrons. The molecule has 1 fully saturated rings. The number of hydrogen-bond donors (Lipinski definition) is 0. The van der Waals surface area contributed by atoms with Crippen LogP contribution in [-0.4, -0.2) is 33.2 Å². The molecule has 0 aromatic carbocycles. The number of aryl methyl sites for hydroxylation is 1.